The third-order valence-electron chi connectivity index (χ3n) is 8.37. The van der Waals surface area contributed by atoms with Gasteiger partial charge in [0.1, 0.15) is 23.5 Å². The fourth-order valence-corrected chi connectivity index (χ4v) is 6.48. The van der Waals surface area contributed by atoms with Crippen molar-refractivity contribution in [2.24, 2.45) is 17.6 Å². The van der Waals surface area contributed by atoms with Gasteiger partial charge in [-0.2, -0.15) is 0 Å². The number of unbranched alkanes of at least 4 members (excludes halogenated alkanes) is 1. The number of hydrogen-bond acceptors (Lipinski definition) is 11. The molecule has 0 saturated heterocycles. The van der Waals surface area contributed by atoms with Crippen molar-refractivity contribution in [3.05, 3.63) is 39.7 Å². The Labute approximate surface area is 228 Å². The molecular formula is C28H40N4O7. The van der Waals surface area contributed by atoms with E-state index in [9.17, 15) is 35.1 Å². The molecule has 5 atom stereocenters. The van der Waals surface area contributed by atoms with Crippen LogP contribution >= 0.6 is 0 Å². The van der Waals surface area contributed by atoms with Crippen molar-refractivity contribution in [2.75, 3.05) is 39.6 Å². The number of benzene rings is 1. The van der Waals surface area contributed by atoms with Crippen LogP contribution in [-0.2, 0) is 22.6 Å². The molecule has 0 heterocycles. The van der Waals surface area contributed by atoms with Crippen LogP contribution in [0.1, 0.15) is 42.9 Å². The first kappa shape index (κ1) is 29.0. The van der Waals surface area contributed by atoms with Gasteiger partial charge in [-0.05, 0) is 57.5 Å². The van der Waals surface area contributed by atoms with E-state index in [0.29, 0.717) is 17.7 Å². The van der Waals surface area contributed by atoms with Crippen molar-refractivity contribution in [3.63, 3.8) is 0 Å². The molecule has 1 aromatic carbocycles. The molecule has 0 radical (unpaired) electrons. The van der Waals surface area contributed by atoms with Gasteiger partial charge >= 0.3 is 0 Å². The van der Waals surface area contributed by atoms with Crippen molar-refractivity contribution in [1.82, 2.24) is 10.2 Å². The molecule has 214 valence electrons. The topological polar surface area (TPSA) is 180 Å². The number of carbonyl (C=O) groups is 2. The number of nitrogens with two attached hydrogens (primary N) is 1. The lowest BCUT2D eigenvalue weighted by molar-refractivity contribution is -0.154. The van der Waals surface area contributed by atoms with Gasteiger partial charge in [0.15, 0.2) is 11.4 Å². The number of hydrogen-bond donors (Lipinski definition) is 7. The van der Waals surface area contributed by atoms with Crippen LogP contribution in [0.4, 0.5) is 5.69 Å². The zero-order valence-electron chi connectivity index (χ0n) is 23.2. The number of aromatic hydroxyl groups is 1. The minimum absolute atomic E-state index is 0.0849. The molecule has 1 unspecified atom stereocenters. The molecule has 11 heteroatoms. The highest BCUT2D eigenvalue weighted by atomic mass is 16.4. The molecule has 4 rings (SSSR count). The molecule has 3 aliphatic carbocycles. The van der Waals surface area contributed by atoms with Gasteiger partial charge in [-0.25, -0.2) is 0 Å². The van der Waals surface area contributed by atoms with E-state index in [-0.39, 0.29) is 29.7 Å². The molecule has 0 aliphatic heterocycles. The minimum Gasteiger partial charge on any atom is -0.508 e. The predicted molar refractivity (Wildman–Crippen MR) is 146 cm³/mol. The molecule has 8 N–H and O–H groups in total. The maximum Gasteiger partial charge on any atom is 0.202 e. The number of Topliss-reactive ketones (excluding diaryl/α,β-unsaturated/α-hetero) is 2. The number of aliphatic hydroxyl groups is 4. The molecule has 3 aliphatic rings. The van der Waals surface area contributed by atoms with Crippen LogP contribution in [0.15, 0.2) is 23.0 Å². The lowest BCUT2D eigenvalue weighted by Gasteiger charge is -2.50. The smallest absolute Gasteiger partial charge is 0.202 e. The number of rotatable bonds is 8. The standard InChI is InChI=1S/C28H40N4O7/c1-6-7-8-30-12-14-11-17(31(2)3)15-9-13-10-16-21(32(4)5)24(35)20(27(29)38)26(37)28(16,39)25(36)18(13)23(34)19(15)22(14)33/h11,13,16,21,27,30,33-34,37-39H,6-10,12,29H2,1-5H3/t13-,16-,21-,27?,28-/m0/s1. The number of anilines is 1. The summed E-state index contributed by atoms with van der Waals surface area (Å²) in [7, 11) is 6.92. The second kappa shape index (κ2) is 10.5. The SMILES string of the molecule is CCCCNCc1cc(N(C)C)c2c(c1O)C(O)=C1C(=O)[C@]3(O)C(O)=C(C(N)O)C(=O)[C@@H](N(C)C)[C@@H]3C[C@@H]1C2. The molecule has 39 heavy (non-hydrogen) atoms. The van der Waals surface area contributed by atoms with Crippen molar-refractivity contribution in [2.45, 2.75) is 57.0 Å². The highest BCUT2D eigenvalue weighted by molar-refractivity contribution is 6.14. The average Bonchev–Trinajstić information content (AvgIpc) is 2.84. The molecule has 1 saturated carbocycles. The Morgan fingerprint density at radius 1 is 1.18 bits per heavy atom. The van der Waals surface area contributed by atoms with E-state index in [1.807, 2.05) is 25.1 Å². The van der Waals surface area contributed by atoms with E-state index in [2.05, 4.69) is 12.2 Å². The van der Waals surface area contributed by atoms with E-state index in [0.717, 1.165) is 25.1 Å². The quantitative estimate of drug-likeness (QED) is 0.181. The summed E-state index contributed by atoms with van der Waals surface area (Å²) in [6, 6.07) is 0.814. The second-order valence-electron chi connectivity index (χ2n) is 11.3. The van der Waals surface area contributed by atoms with Crippen LogP contribution in [0.25, 0.3) is 5.76 Å². The maximum atomic E-state index is 14.0. The van der Waals surface area contributed by atoms with Gasteiger partial charge in [-0.3, -0.25) is 14.5 Å². The number of carbonyl (C=O) groups excluding carboxylic acids is 2. The molecule has 1 fully saturated rings. The Morgan fingerprint density at radius 3 is 2.41 bits per heavy atom. The van der Waals surface area contributed by atoms with Crippen LogP contribution < -0.4 is 16.0 Å². The number of ketones is 2. The first-order valence-electron chi connectivity index (χ1n) is 13.3. The van der Waals surface area contributed by atoms with E-state index < -0.39 is 58.4 Å². The Kier molecular flexibility index (Phi) is 7.85. The number of fused-ring (bicyclic) bond motifs is 3. The largest absolute Gasteiger partial charge is 0.508 e. The predicted octanol–water partition coefficient (Wildman–Crippen LogP) is 0.712. The summed E-state index contributed by atoms with van der Waals surface area (Å²) in [5.41, 5.74) is 4.32. The normalized spacial score (nSPS) is 27.5. The molecular weight excluding hydrogens is 504 g/mol. The van der Waals surface area contributed by atoms with E-state index >= 15 is 0 Å². The number of phenolic OH excluding ortho intramolecular Hbond substituents is 1. The summed E-state index contributed by atoms with van der Waals surface area (Å²) < 4.78 is 0. The van der Waals surface area contributed by atoms with Crippen molar-refractivity contribution >= 4 is 23.0 Å². The van der Waals surface area contributed by atoms with Gasteiger partial charge in [0.25, 0.3) is 0 Å². The minimum atomic E-state index is -2.59. The monoisotopic (exact) mass is 544 g/mol. The van der Waals surface area contributed by atoms with E-state index in [1.54, 1.807) is 14.1 Å². The van der Waals surface area contributed by atoms with Gasteiger partial charge < -0.3 is 41.5 Å². The van der Waals surface area contributed by atoms with Crippen LogP contribution in [-0.4, -0.2) is 94.6 Å². The number of phenols is 1. The first-order valence-corrected chi connectivity index (χ1v) is 13.3. The van der Waals surface area contributed by atoms with Gasteiger partial charge in [-0.15, -0.1) is 0 Å². The molecule has 1 aromatic rings. The fraction of sp³-hybridized carbons (Fsp3) is 0.571. The number of nitrogens with zero attached hydrogens (tertiary/aromatic N) is 2. The summed E-state index contributed by atoms with van der Waals surface area (Å²) in [6.07, 6.45) is 0.408. The van der Waals surface area contributed by atoms with Crippen LogP contribution in [0.5, 0.6) is 5.75 Å². The third kappa shape index (κ3) is 4.42. The number of likely N-dealkylation sites (N-methyl/N-ethyl adjacent to an activating group) is 1. The summed E-state index contributed by atoms with van der Waals surface area (Å²) in [5, 5.41) is 59.0. The second-order valence-corrected chi connectivity index (χ2v) is 11.3. The summed E-state index contributed by atoms with van der Waals surface area (Å²) in [6.45, 7) is 3.18. The van der Waals surface area contributed by atoms with Gasteiger partial charge in [-0.1, -0.05) is 13.3 Å². The third-order valence-corrected chi connectivity index (χ3v) is 8.37. The zero-order chi connectivity index (χ0) is 29.0. The Hall–Kier alpha value is -2.96. The highest BCUT2D eigenvalue weighted by Crippen LogP contribution is 2.54. The van der Waals surface area contributed by atoms with Crippen LogP contribution in [0.3, 0.4) is 0 Å². The van der Waals surface area contributed by atoms with Gasteiger partial charge in [0.2, 0.25) is 5.78 Å². The first-order chi connectivity index (χ1) is 18.3. The van der Waals surface area contributed by atoms with E-state index in [1.165, 1.54) is 4.90 Å². The van der Waals surface area contributed by atoms with Gasteiger partial charge in [0.05, 0.1) is 17.2 Å². The number of aliphatic hydroxyl groups excluding tert-OH is 3. The summed E-state index contributed by atoms with van der Waals surface area (Å²) in [5.74, 6) is -4.91. The molecule has 0 amide bonds. The van der Waals surface area contributed by atoms with E-state index in [4.69, 9.17) is 5.73 Å². The molecule has 0 bridgehead atoms. The average molecular weight is 545 g/mol. The maximum absolute atomic E-state index is 14.0. The molecule has 11 nitrogen and oxygen atoms in total. The van der Waals surface area contributed by atoms with Crippen LogP contribution in [0, 0.1) is 11.8 Å². The summed E-state index contributed by atoms with van der Waals surface area (Å²) >= 11 is 0. The Bertz CT molecular complexity index is 1250. The van der Waals surface area contributed by atoms with Crippen LogP contribution in [0.2, 0.25) is 0 Å². The van der Waals surface area contributed by atoms with Crippen molar-refractivity contribution in [1.29, 1.82) is 0 Å². The lowest BCUT2D eigenvalue weighted by Crippen LogP contribution is -2.66. The summed E-state index contributed by atoms with van der Waals surface area (Å²) in [4.78, 5) is 30.7. The zero-order valence-corrected chi connectivity index (χ0v) is 23.2. The van der Waals surface area contributed by atoms with Gasteiger partial charge in [0, 0.05) is 43.4 Å². The number of nitrogens with one attached hydrogen (secondary N) is 1. The Morgan fingerprint density at radius 2 is 1.85 bits per heavy atom. The fourth-order valence-electron chi connectivity index (χ4n) is 6.48. The van der Waals surface area contributed by atoms with Crippen molar-refractivity contribution < 1.29 is 35.1 Å². The van der Waals surface area contributed by atoms with Crippen molar-refractivity contribution in [3.8, 4) is 5.75 Å². The molecule has 0 spiro atoms. The Balaban J connectivity index is 1.91. The molecule has 0 aromatic heterocycles. The lowest BCUT2D eigenvalue weighted by atomic mass is 9.57. The highest BCUT2D eigenvalue weighted by Gasteiger charge is 2.64.